The summed E-state index contributed by atoms with van der Waals surface area (Å²) >= 11 is 5.29. The molecule has 1 aliphatic heterocycles. The van der Waals surface area contributed by atoms with Crippen molar-refractivity contribution in [2.24, 2.45) is 0 Å². The molecule has 1 amide bonds. The maximum atomic E-state index is 13.0. The van der Waals surface area contributed by atoms with Crippen molar-refractivity contribution in [1.29, 1.82) is 0 Å². The van der Waals surface area contributed by atoms with E-state index in [2.05, 4.69) is 16.0 Å². The van der Waals surface area contributed by atoms with Gasteiger partial charge in [0.2, 0.25) is 0 Å². The molecule has 134 valence electrons. The van der Waals surface area contributed by atoms with Gasteiger partial charge in [-0.05, 0) is 55.9 Å². The standard InChI is InChI=1S/C20H21N3O2S/c1-12-7-9-15(10-8-12)22-19(24)17-13(2)21-20(26)23-18(17)14-5-4-6-16(11-14)25-3/h4-11,18H,1-3H3,(H,22,24)(H2,21,23,26)/t18-/m0/s1. The largest absolute Gasteiger partial charge is 0.497 e. The molecule has 0 aromatic heterocycles. The predicted octanol–water partition coefficient (Wildman–Crippen LogP) is 3.44. The molecule has 0 fully saturated rings. The summed E-state index contributed by atoms with van der Waals surface area (Å²) in [5.41, 5.74) is 4.11. The van der Waals surface area contributed by atoms with Gasteiger partial charge in [0.25, 0.3) is 5.91 Å². The second kappa shape index (κ2) is 7.58. The van der Waals surface area contributed by atoms with Crippen LogP contribution in [0.4, 0.5) is 5.69 Å². The first-order chi connectivity index (χ1) is 12.5. The highest BCUT2D eigenvalue weighted by Crippen LogP contribution is 2.29. The number of nitrogens with one attached hydrogen (secondary N) is 3. The number of hydrogen-bond donors (Lipinski definition) is 3. The maximum Gasteiger partial charge on any atom is 0.255 e. The smallest absolute Gasteiger partial charge is 0.255 e. The van der Waals surface area contributed by atoms with E-state index in [1.807, 2.05) is 62.4 Å². The van der Waals surface area contributed by atoms with Crippen molar-refractivity contribution in [2.75, 3.05) is 12.4 Å². The van der Waals surface area contributed by atoms with E-state index < -0.39 is 0 Å². The first-order valence-electron chi connectivity index (χ1n) is 8.28. The first-order valence-corrected chi connectivity index (χ1v) is 8.69. The molecule has 2 aromatic rings. The molecule has 26 heavy (non-hydrogen) atoms. The molecule has 5 nitrogen and oxygen atoms in total. The third-order valence-electron chi connectivity index (χ3n) is 4.25. The number of rotatable bonds is 4. The Morgan fingerprint density at radius 2 is 1.88 bits per heavy atom. The Balaban J connectivity index is 1.94. The molecule has 1 atom stereocenters. The van der Waals surface area contributed by atoms with Gasteiger partial charge in [-0.15, -0.1) is 0 Å². The number of methoxy groups -OCH3 is 1. The summed E-state index contributed by atoms with van der Waals surface area (Å²) < 4.78 is 5.31. The van der Waals surface area contributed by atoms with E-state index in [-0.39, 0.29) is 11.9 Å². The summed E-state index contributed by atoms with van der Waals surface area (Å²) in [5, 5.41) is 9.68. The summed E-state index contributed by atoms with van der Waals surface area (Å²) in [6.45, 7) is 3.86. The second-order valence-corrected chi connectivity index (χ2v) is 6.58. The van der Waals surface area contributed by atoms with E-state index in [9.17, 15) is 4.79 Å². The average Bonchev–Trinajstić information content (AvgIpc) is 2.63. The molecule has 0 saturated heterocycles. The molecule has 0 bridgehead atoms. The van der Waals surface area contributed by atoms with Crippen molar-refractivity contribution in [3.05, 3.63) is 70.9 Å². The SMILES string of the molecule is COc1cccc([C@@H]2NC(=S)NC(C)=C2C(=O)Nc2ccc(C)cc2)c1. The van der Waals surface area contributed by atoms with Crippen molar-refractivity contribution < 1.29 is 9.53 Å². The van der Waals surface area contributed by atoms with Gasteiger partial charge >= 0.3 is 0 Å². The van der Waals surface area contributed by atoms with Crippen LogP contribution in [0.5, 0.6) is 5.75 Å². The molecule has 0 radical (unpaired) electrons. The average molecular weight is 367 g/mol. The highest BCUT2D eigenvalue weighted by atomic mass is 32.1. The minimum Gasteiger partial charge on any atom is -0.497 e. The summed E-state index contributed by atoms with van der Waals surface area (Å²) in [5.74, 6) is 0.548. The van der Waals surface area contributed by atoms with Crippen molar-refractivity contribution in [1.82, 2.24) is 10.6 Å². The van der Waals surface area contributed by atoms with Crippen LogP contribution in [0.2, 0.25) is 0 Å². The normalized spacial score (nSPS) is 16.6. The lowest BCUT2D eigenvalue weighted by Crippen LogP contribution is -2.45. The Morgan fingerprint density at radius 3 is 2.58 bits per heavy atom. The van der Waals surface area contributed by atoms with Gasteiger partial charge in [-0.2, -0.15) is 0 Å². The molecule has 3 N–H and O–H groups in total. The Hall–Kier alpha value is -2.86. The van der Waals surface area contributed by atoms with Crippen LogP contribution < -0.4 is 20.7 Å². The highest BCUT2D eigenvalue weighted by Gasteiger charge is 2.30. The molecule has 0 saturated carbocycles. The summed E-state index contributed by atoms with van der Waals surface area (Å²) in [6, 6.07) is 14.9. The number of allylic oxidation sites excluding steroid dienone is 1. The molecule has 0 unspecified atom stereocenters. The van der Waals surface area contributed by atoms with Gasteiger partial charge in [0.05, 0.1) is 18.7 Å². The van der Waals surface area contributed by atoms with Crippen molar-refractivity contribution in [3.63, 3.8) is 0 Å². The van der Waals surface area contributed by atoms with Crippen LogP contribution in [0.3, 0.4) is 0 Å². The molecular weight excluding hydrogens is 346 g/mol. The third kappa shape index (κ3) is 3.86. The first kappa shape index (κ1) is 17.9. The zero-order valence-electron chi connectivity index (χ0n) is 14.9. The van der Waals surface area contributed by atoms with Crippen molar-refractivity contribution >= 4 is 28.9 Å². The molecule has 1 heterocycles. The number of hydrogen-bond acceptors (Lipinski definition) is 3. The van der Waals surface area contributed by atoms with Gasteiger partial charge in [0, 0.05) is 11.4 Å². The topological polar surface area (TPSA) is 62.4 Å². The molecular formula is C20H21N3O2S. The van der Waals surface area contributed by atoms with Gasteiger partial charge in [0.15, 0.2) is 5.11 Å². The zero-order chi connectivity index (χ0) is 18.7. The fourth-order valence-electron chi connectivity index (χ4n) is 2.90. The van der Waals surface area contributed by atoms with Crippen LogP contribution in [0, 0.1) is 6.92 Å². The molecule has 2 aromatic carbocycles. The quantitative estimate of drug-likeness (QED) is 0.723. The van der Waals surface area contributed by atoms with Crippen molar-refractivity contribution in [3.8, 4) is 5.75 Å². The number of aryl methyl sites for hydroxylation is 1. The van der Waals surface area contributed by atoms with Crippen LogP contribution in [0.15, 0.2) is 59.8 Å². The molecule has 3 rings (SSSR count). The predicted molar refractivity (Wildman–Crippen MR) is 107 cm³/mol. The molecule has 0 aliphatic carbocycles. The molecule has 6 heteroatoms. The fourth-order valence-corrected chi connectivity index (χ4v) is 3.17. The lowest BCUT2D eigenvalue weighted by atomic mass is 9.94. The number of ether oxygens (including phenoxy) is 1. The van der Waals surface area contributed by atoms with Crippen LogP contribution in [-0.2, 0) is 4.79 Å². The third-order valence-corrected chi connectivity index (χ3v) is 4.47. The lowest BCUT2D eigenvalue weighted by Gasteiger charge is -2.30. The Bertz CT molecular complexity index is 875. The van der Waals surface area contributed by atoms with Crippen LogP contribution >= 0.6 is 12.2 Å². The number of carbonyl (C=O) groups is 1. The Labute approximate surface area is 158 Å². The minimum absolute atomic E-state index is 0.179. The van der Waals surface area contributed by atoms with Gasteiger partial charge < -0.3 is 20.7 Å². The lowest BCUT2D eigenvalue weighted by molar-refractivity contribution is -0.113. The van der Waals surface area contributed by atoms with E-state index in [1.165, 1.54) is 0 Å². The Morgan fingerprint density at radius 1 is 1.15 bits per heavy atom. The summed E-state index contributed by atoms with van der Waals surface area (Å²) in [6.07, 6.45) is 0. The number of amides is 1. The molecule has 1 aliphatic rings. The van der Waals surface area contributed by atoms with Gasteiger partial charge in [-0.25, -0.2) is 0 Å². The van der Waals surface area contributed by atoms with E-state index in [0.29, 0.717) is 10.7 Å². The Kier molecular flexibility index (Phi) is 5.23. The van der Waals surface area contributed by atoms with Gasteiger partial charge in [0.1, 0.15) is 5.75 Å². The van der Waals surface area contributed by atoms with E-state index in [0.717, 1.165) is 28.3 Å². The summed E-state index contributed by atoms with van der Waals surface area (Å²) in [7, 11) is 1.62. The highest BCUT2D eigenvalue weighted by molar-refractivity contribution is 7.80. The number of anilines is 1. The van der Waals surface area contributed by atoms with E-state index in [1.54, 1.807) is 7.11 Å². The number of carbonyl (C=O) groups excluding carboxylic acids is 1. The minimum atomic E-state index is -0.357. The van der Waals surface area contributed by atoms with Crippen LogP contribution in [-0.4, -0.2) is 18.1 Å². The van der Waals surface area contributed by atoms with Gasteiger partial charge in [-0.1, -0.05) is 29.8 Å². The van der Waals surface area contributed by atoms with Gasteiger partial charge in [-0.3, -0.25) is 4.79 Å². The van der Waals surface area contributed by atoms with Crippen molar-refractivity contribution in [2.45, 2.75) is 19.9 Å². The monoisotopic (exact) mass is 367 g/mol. The van der Waals surface area contributed by atoms with E-state index >= 15 is 0 Å². The number of benzene rings is 2. The fraction of sp³-hybridized carbons (Fsp3) is 0.200. The zero-order valence-corrected chi connectivity index (χ0v) is 15.7. The van der Waals surface area contributed by atoms with Crippen LogP contribution in [0.25, 0.3) is 0 Å². The molecule has 0 spiro atoms. The maximum absolute atomic E-state index is 13.0. The second-order valence-electron chi connectivity index (χ2n) is 6.17. The summed E-state index contributed by atoms with van der Waals surface area (Å²) in [4.78, 5) is 13.0. The van der Waals surface area contributed by atoms with E-state index in [4.69, 9.17) is 17.0 Å². The number of thiocarbonyl (C=S) groups is 1. The van der Waals surface area contributed by atoms with Crippen LogP contribution in [0.1, 0.15) is 24.1 Å².